The number of hydrogen-bond acceptors (Lipinski definition) is 9. The highest BCUT2D eigenvalue weighted by molar-refractivity contribution is 7.98. The van der Waals surface area contributed by atoms with Crippen LogP contribution in [0.1, 0.15) is 17.6 Å². The van der Waals surface area contributed by atoms with Crippen molar-refractivity contribution in [2.45, 2.75) is 24.3 Å². The Bertz CT molecular complexity index is 1030. The van der Waals surface area contributed by atoms with Gasteiger partial charge in [-0.2, -0.15) is 9.61 Å². The lowest BCUT2D eigenvalue weighted by atomic mass is 10.4. The molecule has 0 aliphatic heterocycles. The van der Waals surface area contributed by atoms with Crippen LogP contribution in [0.4, 0.5) is 0 Å². The molecule has 4 aromatic rings. The van der Waals surface area contributed by atoms with Crippen LogP contribution in [-0.4, -0.2) is 24.8 Å². The van der Waals surface area contributed by atoms with Crippen LogP contribution in [0.5, 0.6) is 0 Å². The molecule has 0 aromatic carbocycles. The minimum absolute atomic E-state index is 0.170. The molecule has 0 radical (unpaired) electrons. The largest absolute Gasteiger partial charge is 0.410 e. The summed E-state index contributed by atoms with van der Waals surface area (Å²) in [6, 6.07) is 5.36. The van der Waals surface area contributed by atoms with Gasteiger partial charge in [0.1, 0.15) is 5.01 Å². The van der Waals surface area contributed by atoms with Crippen molar-refractivity contribution in [1.29, 1.82) is 0 Å². The lowest BCUT2D eigenvalue weighted by molar-refractivity contribution is 0.466. The fourth-order valence-electron chi connectivity index (χ4n) is 2.02. The fraction of sp³-hybridized carbons (Fsp3) is 0.214. The topological polar surface area (TPSA) is 86.2 Å². The minimum atomic E-state index is -0.170. The zero-order valence-electron chi connectivity index (χ0n) is 12.5. The van der Waals surface area contributed by atoms with E-state index in [1.165, 1.54) is 33.7 Å². The maximum atomic E-state index is 12.1. The second-order valence-electron chi connectivity index (χ2n) is 4.77. The van der Waals surface area contributed by atoms with Crippen LogP contribution in [0.15, 0.2) is 38.0 Å². The number of nitrogens with zero attached hydrogens (tertiary/aromatic N) is 5. The number of aryl methyl sites for hydroxylation is 1. The maximum Gasteiger partial charge on any atom is 0.277 e. The van der Waals surface area contributed by atoms with Gasteiger partial charge in [-0.25, -0.2) is 4.98 Å². The van der Waals surface area contributed by atoms with Crippen molar-refractivity contribution < 1.29 is 4.42 Å². The van der Waals surface area contributed by atoms with Gasteiger partial charge in [0, 0.05) is 11.8 Å². The molecule has 0 saturated carbocycles. The van der Waals surface area contributed by atoms with Crippen LogP contribution in [0.2, 0.25) is 0 Å². The quantitative estimate of drug-likeness (QED) is 0.494. The Hall–Kier alpha value is -2.04. The molecule has 122 valence electrons. The van der Waals surface area contributed by atoms with Gasteiger partial charge in [-0.15, -0.1) is 21.5 Å². The molecule has 7 nitrogen and oxygen atoms in total. The summed E-state index contributed by atoms with van der Waals surface area (Å²) in [7, 11) is 0. The maximum absolute atomic E-state index is 12.1. The summed E-state index contributed by atoms with van der Waals surface area (Å²) in [5.41, 5.74) is 0.503. The number of thioether (sulfide) groups is 1. The molecule has 0 bridgehead atoms. The summed E-state index contributed by atoms with van der Waals surface area (Å²) in [4.78, 5) is 18.1. The summed E-state index contributed by atoms with van der Waals surface area (Å²) < 4.78 is 6.97. The first-order valence-electron chi connectivity index (χ1n) is 7.12. The Labute approximate surface area is 148 Å². The highest BCUT2D eigenvalue weighted by Gasteiger charge is 2.12. The molecule has 4 heterocycles. The van der Waals surface area contributed by atoms with Crippen molar-refractivity contribution in [2.24, 2.45) is 0 Å². The minimum Gasteiger partial charge on any atom is -0.410 e. The van der Waals surface area contributed by atoms with E-state index in [0.717, 1.165) is 16.3 Å². The molecule has 4 rings (SSSR count). The van der Waals surface area contributed by atoms with E-state index < -0.39 is 0 Å². The molecule has 0 amide bonds. The standard InChI is InChI=1S/C14H11N5O2S3/c1-2-10-18-19-11(20)6-8(15-13(19)24-10)7-23-14-17-16-12(21-14)9-4-3-5-22-9/h3-6H,2,7H2,1H3. The summed E-state index contributed by atoms with van der Waals surface area (Å²) in [6.45, 7) is 2.00. The van der Waals surface area contributed by atoms with Crippen LogP contribution in [0, 0.1) is 0 Å². The zero-order chi connectivity index (χ0) is 16.5. The number of hydrogen-bond donors (Lipinski definition) is 0. The van der Waals surface area contributed by atoms with Gasteiger partial charge in [0.2, 0.25) is 4.96 Å². The van der Waals surface area contributed by atoms with E-state index >= 15 is 0 Å². The van der Waals surface area contributed by atoms with Crippen LogP contribution in [0.25, 0.3) is 15.7 Å². The first-order valence-corrected chi connectivity index (χ1v) is 9.80. The van der Waals surface area contributed by atoms with Crippen molar-refractivity contribution in [3.63, 3.8) is 0 Å². The molecular formula is C14H11N5O2S3. The Morgan fingerprint density at radius 1 is 1.38 bits per heavy atom. The highest BCUT2D eigenvalue weighted by atomic mass is 32.2. The third-order valence-electron chi connectivity index (χ3n) is 3.12. The SMILES string of the molecule is CCc1nn2c(=O)cc(CSc3nnc(-c4cccs4)o3)nc2s1. The lowest BCUT2D eigenvalue weighted by Crippen LogP contribution is -2.15. The summed E-state index contributed by atoms with van der Waals surface area (Å²) in [5, 5.41) is 15.6. The van der Waals surface area contributed by atoms with E-state index in [1.807, 2.05) is 24.4 Å². The molecule has 0 unspecified atom stereocenters. The van der Waals surface area contributed by atoms with Crippen molar-refractivity contribution >= 4 is 39.4 Å². The second-order valence-corrected chi connectivity index (χ2v) is 7.68. The number of thiophene rings is 1. The molecule has 0 saturated heterocycles. The molecule has 4 aromatic heterocycles. The van der Waals surface area contributed by atoms with Gasteiger partial charge in [-0.05, 0) is 17.9 Å². The van der Waals surface area contributed by atoms with Gasteiger partial charge in [-0.1, -0.05) is 36.1 Å². The van der Waals surface area contributed by atoms with Gasteiger partial charge in [-0.3, -0.25) is 4.79 Å². The third-order valence-corrected chi connectivity index (χ3v) is 5.89. The second kappa shape index (κ2) is 6.46. The smallest absolute Gasteiger partial charge is 0.277 e. The normalized spacial score (nSPS) is 11.4. The average Bonchev–Trinajstić information content (AvgIpc) is 3.31. The lowest BCUT2D eigenvalue weighted by Gasteiger charge is -1.97. The van der Waals surface area contributed by atoms with Crippen LogP contribution in [0.3, 0.4) is 0 Å². The van der Waals surface area contributed by atoms with Gasteiger partial charge in [0.05, 0.1) is 10.6 Å². The summed E-state index contributed by atoms with van der Waals surface area (Å²) in [6.07, 6.45) is 0.783. The van der Waals surface area contributed by atoms with Crippen LogP contribution in [-0.2, 0) is 12.2 Å². The van der Waals surface area contributed by atoms with E-state index in [1.54, 1.807) is 11.3 Å². The molecule has 10 heteroatoms. The molecule has 0 fully saturated rings. The van der Waals surface area contributed by atoms with E-state index in [2.05, 4.69) is 20.3 Å². The molecular weight excluding hydrogens is 366 g/mol. The van der Waals surface area contributed by atoms with Crippen LogP contribution >= 0.6 is 34.4 Å². The van der Waals surface area contributed by atoms with Gasteiger partial charge < -0.3 is 4.42 Å². The molecule has 0 aliphatic rings. The predicted molar refractivity (Wildman–Crippen MR) is 93.7 cm³/mol. The highest BCUT2D eigenvalue weighted by Crippen LogP contribution is 2.27. The first kappa shape index (κ1) is 15.5. The van der Waals surface area contributed by atoms with Gasteiger partial charge in [0.15, 0.2) is 0 Å². The molecule has 0 atom stereocenters. The fourth-order valence-corrected chi connectivity index (χ4v) is 4.17. The number of fused-ring (bicyclic) bond motifs is 1. The van der Waals surface area contributed by atoms with E-state index in [9.17, 15) is 4.79 Å². The summed E-state index contributed by atoms with van der Waals surface area (Å²) in [5.74, 6) is 0.989. The molecule has 0 spiro atoms. The van der Waals surface area contributed by atoms with E-state index in [-0.39, 0.29) is 5.56 Å². The Morgan fingerprint density at radius 2 is 2.29 bits per heavy atom. The van der Waals surface area contributed by atoms with Crippen LogP contribution < -0.4 is 5.56 Å². The predicted octanol–water partition coefficient (Wildman–Crippen LogP) is 3.12. The van der Waals surface area contributed by atoms with Gasteiger partial charge in [0.25, 0.3) is 16.7 Å². The van der Waals surface area contributed by atoms with E-state index in [4.69, 9.17) is 4.42 Å². The number of rotatable bonds is 5. The average molecular weight is 377 g/mol. The molecule has 24 heavy (non-hydrogen) atoms. The zero-order valence-corrected chi connectivity index (χ0v) is 15.0. The Kier molecular flexibility index (Phi) is 4.17. The molecule has 0 aliphatic carbocycles. The van der Waals surface area contributed by atoms with Crippen molar-refractivity contribution in [1.82, 2.24) is 24.8 Å². The summed E-state index contributed by atoms with van der Waals surface area (Å²) >= 11 is 4.33. The monoisotopic (exact) mass is 377 g/mol. The first-order chi connectivity index (χ1) is 11.7. The Morgan fingerprint density at radius 3 is 3.08 bits per heavy atom. The van der Waals surface area contributed by atoms with Gasteiger partial charge >= 0.3 is 0 Å². The van der Waals surface area contributed by atoms with E-state index in [0.29, 0.717) is 27.5 Å². The van der Waals surface area contributed by atoms with Crippen molar-refractivity contribution in [3.8, 4) is 10.8 Å². The number of aromatic nitrogens is 5. The Balaban J connectivity index is 1.53. The third kappa shape index (κ3) is 2.99. The van der Waals surface area contributed by atoms with Crippen molar-refractivity contribution in [3.05, 3.63) is 44.6 Å². The van der Waals surface area contributed by atoms with Crippen molar-refractivity contribution in [2.75, 3.05) is 0 Å². The molecule has 0 N–H and O–H groups in total.